The van der Waals surface area contributed by atoms with E-state index in [1.807, 2.05) is 84.9 Å². The number of nitrogens with zero attached hydrogens (tertiary/aromatic N) is 1. The van der Waals surface area contributed by atoms with Gasteiger partial charge in [0.25, 0.3) is 0 Å². The minimum absolute atomic E-state index is 0.0873. The molecule has 0 aliphatic carbocycles. The molecule has 0 radical (unpaired) electrons. The molecule has 0 saturated carbocycles. The van der Waals surface area contributed by atoms with E-state index in [0.717, 1.165) is 27.2 Å². The standard InChI is InChI=1S/C36H31NO4S2/c1-25-7-9-29(10-8-25)24-41-31-18-16-30(17-19-31)34(38)20-15-26-11-13-28(14-12-26)21-32-23-37(36(42)43-32)33(35(39)40)22-27-5-3-2-4-6-27/h2-21,33H,22-24H2,1H3,(H,39,40)/b20-15+,32-21?. The molecular formula is C36H31NO4S2. The maximum atomic E-state index is 12.7. The highest BCUT2D eigenvalue weighted by Crippen LogP contribution is 2.33. The highest BCUT2D eigenvalue weighted by molar-refractivity contribution is 8.25. The summed E-state index contributed by atoms with van der Waals surface area (Å²) in [6.07, 6.45) is 5.77. The molecule has 43 heavy (non-hydrogen) atoms. The molecule has 4 aromatic carbocycles. The Bertz CT molecular complexity index is 1640. The van der Waals surface area contributed by atoms with Gasteiger partial charge in [-0.2, -0.15) is 0 Å². The van der Waals surface area contributed by atoms with Gasteiger partial charge in [-0.25, -0.2) is 4.79 Å². The number of thiocarbonyl (C=S) groups is 1. The summed E-state index contributed by atoms with van der Waals surface area (Å²) in [6, 6.07) is 32.1. The number of hydrogen-bond donors (Lipinski definition) is 1. The number of carbonyl (C=O) groups is 2. The summed E-state index contributed by atoms with van der Waals surface area (Å²) >= 11 is 6.98. The summed E-state index contributed by atoms with van der Waals surface area (Å²) in [5.74, 6) is -0.262. The molecular weight excluding hydrogens is 575 g/mol. The minimum atomic E-state index is -0.888. The molecule has 0 spiro atoms. The van der Waals surface area contributed by atoms with Crippen molar-refractivity contribution < 1.29 is 19.4 Å². The summed E-state index contributed by atoms with van der Waals surface area (Å²) in [5, 5.41) is 9.90. The molecule has 5 nitrogen and oxygen atoms in total. The molecule has 1 aliphatic rings. The number of rotatable bonds is 11. The van der Waals surface area contributed by atoms with Crippen molar-refractivity contribution in [3.05, 3.63) is 147 Å². The van der Waals surface area contributed by atoms with Gasteiger partial charge < -0.3 is 14.7 Å². The first-order valence-electron chi connectivity index (χ1n) is 13.9. The lowest BCUT2D eigenvalue weighted by molar-refractivity contribution is -0.141. The van der Waals surface area contributed by atoms with Crippen LogP contribution in [0, 0.1) is 6.92 Å². The number of ether oxygens (including phenoxy) is 1. The third-order valence-corrected chi connectivity index (χ3v) is 8.47. The second-order valence-electron chi connectivity index (χ2n) is 10.3. The van der Waals surface area contributed by atoms with Crippen LogP contribution in [0.1, 0.15) is 38.2 Å². The smallest absolute Gasteiger partial charge is 0.326 e. The van der Waals surface area contributed by atoms with Crippen molar-refractivity contribution in [2.45, 2.75) is 26.0 Å². The van der Waals surface area contributed by atoms with Crippen molar-refractivity contribution in [2.24, 2.45) is 0 Å². The Kier molecular flexibility index (Phi) is 9.87. The third kappa shape index (κ3) is 8.31. The van der Waals surface area contributed by atoms with Gasteiger partial charge in [0, 0.05) is 16.9 Å². The van der Waals surface area contributed by atoms with Gasteiger partial charge in [0.2, 0.25) is 0 Å². The average molecular weight is 606 g/mol. The van der Waals surface area contributed by atoms with Crippen LogP contribution in [-0.2, 0) is 17.8 Å². The van der Waals surface area contributed by atoms with Gasteiger partial charge in [-0.15, -0.1) is 0 Å². The minimum Gasteiger partial charge on any atom is -0.489 e. The van der Waals surface area contributed by atoms with Crippen LogP contribution in [0.2, 0.25) is 0 Å². The number of hydrogen-bond acceptors (Lipinski definition) is 5. The monoisotopic (exact) mass is 605 g/mol. The van der Waals surface area contributed by atoms with Crippen molar-refractivity contribution in [3.63, 3.8) is 0 Å². The summed E-state index contributed by atoms with van der Waals surface area (Å²) < 4.78 is 6.41. The number of aliphatic carboxylic acids is 1. The number of benzene rings is 4. The number of ketones is 1. The van der Waals surface area contributed by atoms with E-state index in [9.17, 15) is 14.7 Å². The van der Waals surface area contributed by atoms with Gasteiger partial charge in [-0.1, -0.05) is 114 Å². The molecule has 7 heteroatoms. The van der Waals surface area contributed by atoms with E-state index in [-0.39, 0.29) is 5.78 Å². The predicted molar refractivity (Wildman–Crippen MR) is 178 cm³/mol. The molecule has 0 amide bonds. The Morgan fingerprint density at radius 3 is 2.26 bits per heavy atom. The molecule has 4 aromatic rings. The first-order chi connectivity index (χ1) is 20.8. The fourth-order valence-electron chi connectivity index (χ4n) is 4.64. The van der Waals surface area contributed by atoms with E-state index in [1.165, 1.54) is 17.3 Å². The molecule has 1 N–H and O–H groups in total. The Balaban J connectivity index is 1.16. The highest BCUT2D eigenvalue weighted by Gasteiger charge is 2.33. The average Bonchev–Trinajstić information content (AvgIpc) is 3.38. The molecule has 1 fully saturated rings. The first-order valence-corrected chi connectivity index (χ1v) is 15.1. The lowest BCUT2D eigenvalue weighted by Crippen LogP contribution is -2.42. The summed E-state index contributed by atoms with van der Waals surface area (Å²) in [5.41, 5.74) is 5.73. The van der Waals surface area contributed by atoms with Crippen molar-refractivity contribution in [3.8, 4) is 5.75 Å². The number of allylic oxidation sites excluding steroid dienone is 1. The van der Waals surface area contributed by atoms with Crippen molar-refractivity contribution in [2.75, 3.05) is 6.54 Å². The van der Waals surface area contributed by atoms with E-state index in [4.69, 9.17) is 17.0 Å². The number of carboxylic acids is 1. The Morgan fingerprint density at radius 2 is 1.58 bits per heavy atom. The van der Waals surface area contributed by atoms with Gasteiger partial charge in [-0.3, -0.25) is 4.79 Å². The van der Waals surface area contributed by atoms with E-state index in [1.54, 1.807) is 29.2 Å². The van der Waals surface area contributed by atoms with E-state index in [0.29, 0.717) is 35.2 Å². The van der Waals surface area contributed by atoms with Gasteiger partial charge in [0.05, 0.1) is 6.54 Å². The summed E-state index contributed by atoms with van der Waals surface area (Å²) in [7, 11) is 0. The van der Waals surface area contributed by atoms with Crippen LogP contribution in [0.15, 0.2) is 114 Å². The Labute approximate surface area is 261 Å². The van der Waals surface area contributed by atoms with E-state index >= 15 is 0 Å². The van der Waals surface area contributed by atoms with Gasteiger partial charge >= 0.3 is 5.97 Å². The zero-order chi connectivity index (χ0) is 30.2. The molecule has 0 bridgehead atoms. The molecule has 1 saturated heterocycles. The van der Waals surface area contributed by atoms with Crippen LogP contribution in [0.4, 0.5) is 0 Å². The van der Waals surface area contributed by atoms with Crippen LogP contribution in [-0.4, -0.2) is 38.7 Å². The highest BCUT2D eigenvalue weighted by atomic mass is 32.2. The number of carbonyl (C=O) groups excluding carboxylic acids is 1. The molecule has 5 rings (SSSR count). The lowest BCUT2D eigenvalue weighted by Gasteiger charge is -2.25. The molecule has 1 unspecified atom stereocenters. The van der Waals surface area contributed by atoms with E-state index < -0.39 is 12.0 Å². The molecule has 216 valence electrons. The normalized spacial score (nSPS) is 14.8. The van der Waals surface area contributed by atoms with Gasteiger partial charge in [0.1, 0.15) is 22.7 Å². The van der Waals surface area contributed by atoms with Crippen LogP contribution in [0.3, 0.4) is 0 Å². The third-order valence-electron chi connectivity index (χ3n) is 7.07. The zero-order valence-corrected chi connectivity index (χ0v) is 25.3. The van der Waals surface area contributed by atoms with Crippen molar-refractivity contribution in [1.29, 1.82) is 0 Å². The molecule has 0 aromatic heterocycles. The lowest BCUT2D eigenvalue weighted by atomic mass is 10.0. The topological polar surface area (TPSA) is 66.8 Å². The van der Waals surface area contributed by atoms with Crippen LogP contribution in [0.5, 0.6) is 5.75 Å². The summed E-state index contributed by atoms with van der Waals surface area (Å²) in [6.45, 7) is 2.98. The zero-order valence-electron chi connectivity index (χ0n) is 23.7. The van der Waals surface area contributed by atoms with Crippen molar-refractivity contribution >= 4 is 52.2 Å². The van der Waals surface area contributed by atoms with Crippen LogP contribution >= 0.6 is 24.0 Å². The molecule has 1 atom stereocenters. The molecule has 1 aliphatic heterocycles. The quantitative estimate of drug-likeness (QED) is 0.106. The fraction of sp³-hybridized carbons (Fsp3) is 0.139. The number of carboxylic acid groups (broad SMARTS) is 1. The number of thioether (sulfide) groups is 1. The van der Waals surface area contributed by atoms with Crippen LogP contribution in [0.25, 0.3) is 12.2 Å². The largest absolute Gasteiger partial charge is 0.489 e. The number of aryl methyl sites for hydroxylation is 1. The van der Waals surface area contributed by atoms with Gasteiger partial charge in [0.15, 0.2) is 5.78 Å². The Morgan fingerprint density at radius 1 is 0.907 bits per heavy atom. The van der Waals surface area contributed by atoms with Gasteiger partial charge in [-0.05, 0) is 65.6 Å². The first kappa shape index (κ1) is 30.0. The predicted octanol–water partition coefficient (Wildman–Crippen LogP) is 7.84. The fourth-order valence-corrected chi connectivity index (χ4v) is 6.08. The van der Waals surface area contributed by atoms with Crippen molar-refractivity contribution in [1.82, 2.24) is 4.90 Å². The SMILES string of the molecule is Cc1ccc(COc2ccc(C(=O)/C=C/c3ccc(C=C4CN(C(Cc5ccccc5)C(=O)O)C(=S)S4)cc3)cc2)cc1. The second kappa shape index (κ2) is 14.1. The van der Waals surface area contributed by atoms with Crippen LogP contribution < -0.4 is 4.74 Å². The molecule has 1 heterocycles. The maximum absolute atomic E-state index is 12.7. The second-order valence-corrected chi connectivity index (χ2v) is 12.1. The maximum Gasteiger partial charge on any atom is 0.326 e. The summed E-state index contributed by atoms with van der Waals surface area (Å²) in [4.78, 5) is 27.6. The van der Waals surface area contributed by atoms with E-state index in [2.05, 4.69) is 19.1 Å². The Hall–Kier alpha value is -4.46.